The van der Waals surface area contributed by atoms with Crippen LogP contribution in [0.2, 0.25) is 0 Å². The highest BCUT2D eigenvalue weighted by Crippen LogP contribution is 2.34. The lowest BCUT2D eigenvalue weighted by Gasteiger charge is -2.26. The SMILES string of the molecule is CC(C)N(CCS(C)(=O)=O)C(=O)NCc1noc2c1CC(F)(F)CC2. The van der Waals surface area contributed by atoms with Gasteiger partial charge in [-0.25, -0.2) is 22.0 Å². The summed E-state index contributed by atoms with van der Waals surface area (Å²) in [6.07, 6.45) is 0.508. The van der Waals surface area contributed by atoms with E-state index in [0.717, 1.165) is 6.26 Å². The molecule has 0 spiro atoms. The van der Waals surface area contributed by atoms with Crippen molar-refractivity contribution in [3.63, 3.8) is 0 Å². The molecule has 2 amide bonds. The van der Waals surface area contributed by atoms with Gasteiger partial charge in [-0.1, -0.05) is 5.16 Å². The molecule has 1 aliphatic carbocycles. The molecule has 0 fully saturated rings. The molecule has 1 aromatic heterocycles. The number of aromatic nitrogens is 1. The molecule has 10 heteroatoms. The molecule has 142 valence electrons. The Morgan fingerprint density at radius 3 is 2.72 bits per heavy atom. The summed E-state index contributed by atoms with van der Waals surface area (Å²) in [5.41, 5.74) is 0.637. The number of aryl methyl sites for hydroxylation is 1. The maximum absolute atomic E-state index is 13.6. The van der Waals surface area contributed by atoms with Gasteiger partial charge in [0.1, 0.15) is 21.3 Å². The summed E-state index contributed by atoms with van der Waals surface area (Å²) < 4.78 is 54.8. The zero-order valence-electron chi connectivity index (χ0n) is 14.5. The van der Waals surface area contributed by atoms with Crippen molar-refractivity contribution >= 4 is 15.9 Å². The van der Waals surface area contributed by atoms with E-state index in [-0.39, 0.29) is 43.4 Å². The molecule has 0 atom stereocenters. The van der Waals surface area contributed by atoms with Crippen LogP contribution >= 0.6 is 0 Å². The zero-order valence-corrected chi connectivity index (χ0v) is 15.3. The van der Waals surface area contributed by atoms with Crippen LogP contribution in [0.25, 0.3) is 0 Å². The third kappa shape index (κ3) is 5.38. The average Bonchev–Trinajstić information content (AvgIpc) is 2.84. The second kappa shape index (κ2) is 7.27. The van der Waals surface area contributed by atoms with Gasteiger partial charge in [0.15, 0.2) is 0 Å². The number of halogens is 2. The van der Waals surface area contributed by atoms with Crippen molar-refractivity contribution in [3.05, 3.63) is 17.0 Å². The van der Waals surface area contributed by atoms with Crippen molar-refractivity contribution in [2.45, 2.75) is 51.6 Å². The van der Waals surface area contributed by atoms with E-state index in [2.05, 4.69) is 10.5 Å². The van der Waals surface area contributed by atoms with E-state index < -0.39 is 28.2 Å². The third-order valence-electron chi connectivity index (χ3n) is 4.10. The first kappa shape index (κ1) is 19.6. The van der Waals surface area contributed by atoms with Crippen molar-refractivity contribution in [2.24, 2.45) is 0 Å². The van der Waals surface area contributed by atoms with Crippen LogP contribution in [0.4, 0.5) is 13.6 Å². The lowest BCUT2D eigenvalue weighted by atomic mass is 9.93. The molecule has 0 saturated heterocycles. The minimum Gasteiger partial charge on any atom is -0.361 e. The molecule has 1 aromatic rings. The molecule has 0 aliphatic heterocycles. The highest BCUT2D eigenvalue weighted by Gasteiger charge is 2.38. The standard InChI is InChI=1S/C15H23F2N3O4S/c1-10(2)20(6-7-25(3,22)23)14(21)18-9-12-11-8-15(16,17)5-4-13(11)24-19-12/h10H,4-9H2,1-3H3,(H,18,21). The summed E-state index contributed by atoms with van der Waals surface area (Å²) in [7, 11) is -3.20. The average molecular weight is 379 g/mol. The van der Waals surface area contributed by atoms with Crippen molar-refractivity contribution in [1.82, 2.24) is 15.4 Å². The van der Waals surface area contributed by atoms with Crippen LogP contribution in [0.15, 0.2) is 4.52 Å². The lowest BCUT2D eigenvalue weighted by Crippen LogP contribution is -2.45. The van der Waals surface area contributed by atoms with Crippen molar-refractivity contribution in [3.8, 4) is 0 Å². The highest BCUT2D eigenvalue weighted by molar-refractivity contribution is 7.90. The van der Waals surface area contributed by atoms with Gasteiger partial charge in [0, 0.05) is 43.7 Å². The van der Waals surface area contributed by atoms with E-state index in [4.69, 9.17) is 4.52 Å². The lowest BCUT2D eigenvalue weighted by molar-refractivity contribution is -0.0147. The molecule has 0 saturated carbocycles. The summed E-state index contributed by atoms with van der Waals surface area (Å²) >= 11 is 0. The van der Waals surface area contributed by atoms with E-state index in [0.29, 0.717) is 11.3 Å². The fraction of sp³-hybridized carbons (Fsp3) is 0.733. The minimum absolute atomic E-state index is 0.0458. The van der Waals surface area contributed by atoms with Gasteiger partial charge in [-0.2, -0.15) is 0 Å². The van der Waals surface area contributed by atoms with Gasteiger partial charge in [0.2, 0.25) is 0 Å². The van der Waals surface area contributed by atoms with Crippen LogP contribution in [0.3, 0.4) is 0 Å². The molecule has 2 rings (SSSR count). The minimum atomic E-state index is -3.20. The molecule has 1 heterocycles. The molecule has 0 radical (unpaired) electrons. The van der Waals surface area contributed by atoms with E-state index in [9.17, 15) is 22.0 Å². The fourth-order valence-corrected chi connectivity index (χ4v) is 3.21. The Kier molecular flexibility index (Phi) is 5.70. The first-order valence-corrected chi connectivity index (χ1v) is 10.1. The number of sulfone groups is 1. The number of fused-ring (bicyclic) bond motifs is 1. The number of alkyl halides is 2. The molecular weight excluding hydrogens is 356 g/mol. The van der Waals surface area contributed by atoms with Gasteiger partial charge in [-0.05, 0) is 13.8 Å². The fourth-order valence-electron chi connectivity index (χ4n) is 2.68. The van der Waals surface area contributed by atoms with Crippen molar-refractivity contribution in [1.29, 1.82) is 0 Å². The molecule has 0 aromatic carbocycles. The number of rotatable bonds is 6. The summed E-state index contributed by atoms with van der Waals surface area (Å²) in [5.74, 6) is -2.51. The van der Waals surface area contributed by atoms with Gasteiger partial charge in [-0.15, -0.1) is 0 Å². The predicted molar refractivity (Wildman–Crippen MR) is 87.3 cm³/mol. The molecule has 0 bridgehead atoms. The first-order chi connectivity index (χ1) is 11.5. The Hall–Kier alpha value is -1.71. The summed E-state index contributed by atoms with van der Waals surface area (Å²) in [4.78, 5) is 13.7. The van der Waals surface area contributed by atoms with Crippen LogP contribution in [0, 0.1) is 0 Å². The number of hydrogen-bond donors (Lipinski definition) is 1. The number of nitrogens with one attached hydrogen (secondary N) is 1. The Balaban J connectivity index is 2.00. The van der Waals surface area contributed by atoms with Crippen LogP contribution in [0.5, 0.6) is 0 Å². The number of urea groups is 1. The second-order valence-corrected chi connectivity index (χ2v) is 8.90. The summed E-state index contributed by atoms with van der Waals surface area (Å²) in [6, 6.07) is -0.685. The molecule has 25 heavy (non-hydrogen) atoms. The maximum atomic E-state index is 13.6. The van der Waals surface area contributed by atoms with Crippen molar-refractivity contribution in [2.75, 3.05) is 18.6 Å². The Morgan fingerprint density at radius 2 is 2.12 bits per heavy atom. The van der Waals surface area contributed by atoms with Gasteiger partial charge in [-0.3, -0.25) is 0 Å². The second-order valence-electron chi connectivity index (χ2n) is 6.64. The molecule has 1 aliphatic rings. The topological polar surface area (TPSA) is 92.5 Å². The van der Waals surface area contributed by atoms with E-state index in [1.807, 2.05) is 0 Å². The predicted octanol–water partition coefficient (Wildman–Crippen LogP) is 1.76. The van der Waals surface area contributed by atoms with Gasteiger partial charge in [0.05, 0.1) is 12.3 Å². The number of hydrogen-bond acceptors (Lipinski definition) is 5. The number of carbonyl (C=O) groups is 1. The Morgan fingerprint density at radius 1 is 1.44 bits per heavy atom. The van der Waals surface area contributed by atoms with E-state index in [1.165, 1.54) is 4.90 Å². The Bertz CT molecular complexity index is 731. The van der Waals surface area contributed by atoms with Crippen molar-refractivity contribution < 1.29 is 26.5 Å². The first-order valence-electron chi connectivity index (χ1n) is 8.05. The molecule has 7 nitrogen and oxygen atoms in total. The molecule has 1 N–H and O–H groups in total. The van der Waals surface area contributed by atoms with Crippen LogP contribution in [-0.2, 0) is 29.2 Å². The summed E-state index contributed by atoms with van der Waals surface area (Å²) in [5, 5.41) is 6.39. The monoisotopic (exact) mass is 379 g/mol. The molecular formula is C15H23F2N3O4S. The number of amides is 2. The zero-order chi connectivity index (χ0) is 18.8. The number of nitrogens with zero attached hydrogens (tertiary/aromatic N) is 2. The third-order valence-corrected chi connectivity index (χ3v) is 5.02. The van der Waals surface area contributed by atoms with Gasteiger partial charge >= 0.3 is 6.03 Å². The smallest absolute Gasteiger partial charge is 0.317 e. The molecule has 0 unspecified atom stereocenters. The van der Waals surface area contributed by atoms with Gasteiger partial charge < -0.3 is 14.7 Å². The van der Waals surface area contributed by atoms with E-state index >= 15 is 0 Å². The largest absolute Gasteiger partial charge is 0.361 e. The highest BCUT2D eigenvalue weighted by atomic mass is 32.2. The maximum Gasteiger partial charge on any atom is 0.317 e. The Labute approximate surface area is 145 Å². The quantitative estimate of drug-likeness (QED) is 0.813. The van der Waals surface area contributed by atoms with Crippen LogP contribution < -0.4 is 5.32 Å². The van der Waals surface area contributed by atoms with Crippen LogP contribution in [-0.4, -0.2) is 55.0 Å². The van der Waals surface area contributed by atoms with Gasteiger partial charge in [0.25, 0.3) is 5.92 Å². The van der Waals surface area contributed by atoms with E-state index in [1.54, 1.807) is 13.8 Å². The number of carbonyl (C=O) groups excluding carboxylic acids is 1. The summed E-state index contributed by atoms with van der Waals surface area (Å²) in [6.45, 7) is 3.54. The normalized spacial score (nSPS) is 16.6. The van der Waals surface area contributed by atoms with Crippen LogP contribution in [0.1, 0.15) is 37.3 Å².